The topological polar surface area (TPSA) is 74.4 Å². The summed E-state index contributed by atoms with van der Waals surface area (Å²) in [6, 6.07) is 16.7. The number of hydrogen-bond acceptors (Lipinski definition) is 4. The van der Waals surface area contributed by atoms with E-state index < -0.39 is 0 Å². The molecule has 0 saturated heterocycles. The second-order valence-electron chi connectivity index (χ2n) is 5.74. The van der Waals surface area contributed by atoms with Crippen molar-refractivity contribution in [2.45, 2.75) is 19.9 Å². The van der Waals surface area contributed by atoms with Crippen LogP contribution in [0.4, 0.5) is 5.69 Å². The molecule has 0 bridgehead atoms. The lowest BCUT2D eigenvalue weighted by Gasteiger charge is -2.11. The summed E-state index contributed by atoms with van der Waals surface area (Å²) in [5, 5.41) is 11.9. The van der Waals surface area contributed by atoms with Crippen molar-refractivity contribution in [3.63, 3.8) is 0 Å². The van der Waals surface area contributed by atoms with Crippen molar-refractivity contribution >= 4 is 22.6 Å². The molecule has 3 rings (SSSR count). The second-order valence-corrected chi connectivity index (χ2v) is 5.74. The molecule has 0 saturated carbocycles. The van der Waals surface area contributed by atoms with Crippen LogP contribution in [0.2, 0.25) is 0 Å². The highest BCUT2D eigenvalue weighted by Gasteiger charge is 2.14. The number of nitro groups is 1. The number of rotatable bonds is 6. The van der Waals surface area contributed by atoms with Crippen LogP contribution in [0, 0.1) is 10.1 Å². The summed E-state index contributed by atoms with van der Waals surface area (Å²) in [5.74, 6) is -0.295. The molecule has 0 aliphatic rings. The third-order valence-electron chi connectivity index (χ3n) is 4.00. The monoisotopic (exact) mass is 338 g/mol. The number of carbonyl (C=O) groups excluding carboxylic acids is 1. The maximum absolute atomic E-state index is 11.0. The maximum Gasteiger partial charge on any atom is 0.302 e. The zero-order chi connectivity index (χ0) is 17.8. The molecule has 0 aliphatic heterocycles. The largest absolute Gasteiger partial charge is 0.466 e. The molecule has 1 heterocycles. The lowest BCUT2D eigenvalue weighted by atomic mass is 10.1. The number of aromatic nitrogens is 1. The lowest BCUT2D eigenvalue weighted by molar-refractivity contribution is -0.384. The molecule has 6 nitrogen and oxygen atoms in total. The minimum Gasteiger partial charge on any atom is -0.466 e. The number of aryl methyl sites for hydroxylation is 1. The van der Waals surface area contributed by atoms with Gasteiger partial charge in [-0.05, 0) is 24.1 Å². The van der Waals surface area contributed by atoms with Gasteiger partial charge in [-0.2, -0.15) is 0 Å². The zero-order valence-electron chi connectivity index (χ0n) is 13.8. The molecular formula is C19H18N2O4. The average molecular weight is 338 g/mol. The number of non-ortho nitro benzene ring substituents is 1. The molecular weight excluding hydrogens is 320 g/mol. The number of hydrogen-bond donors (Lipinski definition) is 0. The van der Waals surface area contributed by atoms with Crippen LogP contribution in [0.1, 0.15) is 13.3 Å². The van der Waals surface area contributed by atoms with Gasteiger partial charge in [0.1, 0.15) is 0 Å². The molecule has 0 fully saturated rings. The summed E-state index contributed by atoms with van der Waals surface area (Å²) in [5.41, 5.74) is 3.02. The molecule has 0 unspecified atom stereocenters. The van der Waals surface area contributed by atoms with Gasteiger partial charge in [0.05, 0.1) is 11.5 Å². The first-order valence-electron chi connectivity index (χ1n) is 8.03. The van der Waals surface area contributed by atoms with Gasteiger partial charge >= 0.3 is 5.97 Å². The van der Waals surface area contributed by atoms with E-state index in [2.05, 4.69) is 4.57 Å². The summed E-state index contributed by atoms with van der Waals surface area (Å²) in [7, 11) is 0. The minimum atomic E-state index is -0.389. The SMILES string of the molecule is CC(=O)OCCCn1c(-c2ccccc2)cc2cc([N+](=O)[O-])ccc21. The number of nitro benzene ring substituents is 1. The first-order chi connectivity index (χ1) is 12.1. The maximum atomic E-state index is 11.0. The van der Waals surface area contributed by atoms with Crippen molar-refractivity contribution in [2.24, 2.45) is 0 Å². The third kappa shape index (κ3) is 3.68. The Morgan fingerprint density at radius 1 is 1.16 bits per heavy atom. The van der Waals surface area contributed by atoms with Gasteiger partial charge < -0.3 is 9.30 Å². The van der Waals surface area contributed by atoms with Crippen LogP contribution >= 0.6 is 0 Å². The highest BCUT2D eigenvalue weighted by molar-refractivity contribution is 5.88. The Morgan fingerprint density at radius 2 is 1.92 bits per heavy atom. The summed E-state index contributed by atoms with van der Waals surface area (Å²) in [4.78, 5) is 21.6. The van der Waals surface area contributed by atoms with Crippen LogP contribution in [0.5, 0.6) is 0 Å². The first-order valence-corrected chi connectivity index (χ1v) is 8.03. The van der Waals surface area contributed by atoms with Gasteiger partial charge in [-0.25, -0.2) is 0 Å². The van der Waals surface area contributed by atoms with E-state index in [0.29, 0.717) is 19.6 Å². The normalized spacial score (nSPS) is 10.8. The predicted molar refractivity (Wildman–Crippen MR) is 95.3 cm³/mol. The number of esters is 1. The molecule has 1 aromatic heterocycles. The molecule has 0 atom stereocenters. The van der Waals surface area contributed by atoms with Gasteiger partial charge in [-0.3, -0.25) is 14.9 Å². The summed E-state index contributed by atoms with van der Waals surface area (Å²) in [6.07, 6.45) is 0.667. The van der Waals surface area contributed by atoms with E-state index in [9.17, 15) is 14.9 Å². The minimum absolute atomic E-state index is 0.0733. The number of carbonyl (C=O) groups is 1. The molecule has 0 spiro atoms. The Kier molecular flexibility index (Phi) is 4.79. The van der Waals surface area contributed by atoms with Gasteiger partial charge in [0, 0.05) is 42.2 Å². The average Bonchev–Trinajstić information content (AvgIpc) is 2.97. The van der Waals surface area contributed by atoms with Gasteiger partial charge in [0.15, 0.2) is 0 Å². The van der Waals surface area contributed by atoms with Crippen molar-refractivity contribution < 1.29 is 14.5 Å². The summed E-state index contributed by atoms with van der Waals surface area (Å²) in [6.45, 7) is 2.38. The molecule has 25 heavy (non-hydrogen) atoms. The van der Waals surface area contributed by atoms with E-state index in [1.807, 2.05) is 36.4 Å². The van der Waals surface area contributed by atoms with Crippen LogP contribution in [-0.4, -0.2) is 22.1 Å². The predicted octanol–water partition coefficient (Wildman–Crippen LogP) is 4.17. The first kappa shape index (κ1) is 16.7. The summed E-state index contributed by atoms with van der Waals surface area (Å²) >= 11 is 0. The number of benzene rings is 2. The fourth-order valence-corrected chi connectivity index (χ4v) is 2.90. The van der Waals surface area contributed by atoms with Crippen LogP contribution in [0.15, 0.2) is 54.6 Å². The smallest absolute Gasteiger partial charge is 0.302 e. The van der Waals surface area contributed by atoms with Crippen LogP contribution < -0.4 is 0 Å². The Labute approximate surface area is 144 Å². The number of nitrogens with zero attached hydrogens (tertiary/aromatic N) is 2. The van der Waals surface area contributed by atoms with Crippen molar-refractivity contribution in [1.82, 2.24) is 4.57 Å². The fraction of sp³-hybridized carbons (Fsp3) is 0.211. The van der Waals surface area contributed by atoms with E-state index in [1.165, 1.54) is 13.0 Å². The van der Waals surface area contributed by atoms with Crippen molar-refractivity contribution in [3.05, 3.63) is 64.7 Å². The fourth-order valence-electron chi connectivity index (χ4n) is 2.90. The van der Waals surface area contributed by atoms with Crippen LogP contribution in [0.25, 0.3) is 22.2 Å². The van der Waals surface area contributed by atoms with Gasteiger partial charge in [-0.15, -0.1) is 0 Å². The summed E-state index contributed by atoms with van der Waals surface area (Å²) < 4.78 is 7.12. The standard InChI is InChI=1S/C19H18N2O4/c1-14(22)25-11-5-10-20-18-9-8-17(21(23)24)12-16(18)13-19(20)15-6-3-2-4-7-15/h2-4,6-9,12-13H,5,10-11H2,1H3. The third-order valence-corrected chi connectivity index (χ3v) is 4.00. The lowest BCUT2D eigenvalue weighted by Crippen LogP contribution is -2.06. The van der Waals surface area contributed by atoms with Crippen LogP contribution in [-0.2, 0) is 16.1 Å². The molecule has 0 radical (unpaired) electrons. The van der Waals surface area contributed by atoms with Gasteiger partial charge in [-0.1, -0.05) is 30.3 Å². The van der Waals surface area contributed by atoms with Gasteiger partial charge in [0.2, 0.25) is 0 Å². The molecule has 128 valence electrons. The Balaban J connectivity index is 2.01. The zero-order valence-corrected chi connectivity index (χ0v) is 13.8. The highest BCUT2D eigenvalue weighted by atomic mass is 16.6. The molecule has 3 aromatic rings. The Hall–Kier alpha value is -3.15. The highest BCUT2D eigenvalue weighted by Crippen LogP contribution is 2.30. The molecule has 0 N–H and O–H groups in total. The van der Waals surface area contributed by atoms with E-state index in [4.69, 9.17) is 4.74 Å². The molecule has 6 heteroatoms. The van der Waals surface area contributed by atoms with Gasteiger partial charge in [0.25, 0.3) is 5.69 Å². The van der Waals surface area contributed by atoms with E-state index in [-0.39, 0.29) is 16.6 Å². The second kappa shape index (κ2) is 7.17. The quantitative estimate of drug-likeness (QED) is 0.293. The van der Waals surface area contributed by atoms with Crippen molar-refractivity contribution in [3.8, 4) is 11.3 Å². The Bertz CT molecular complexity index is 916. The van der Waals surface area contributed by atoms with Crippen molar-refractivity contribution in [1.29, 1.82) is 0 Å². The molecule has 2 aromatic carbocycles. The number of fused-ring (bicyclic) bond motifs is 1. The Morgan fingerprint density at radius 3 is 2.60 bits per heavy atom. The molecule has 0 aliphatic carbocycles. The van der Waals surface area contributed by atoms with Crippen molar-refractivity contribution in [2.75, 3.05) is 6.61 Å². The number of ether oxygens (including phenoxy) is 1. The van der Waals surface area contributed by atoms with E-state index in [0.717, 1.165) is 22.2 Å². The molecule has 0 amide bonds. The van der Waals surface area contributed by atoms with E-state index >= 15 is 0 Å². The van der Waals surface area contributed by atoms with E-state index in [1.54, 1.807) is 12.1 Å². The van der Waals surface area contributed by atoms with Crippen LogP contribution in [0.3, 0.4) is 0 Å².